The third-order valence-corrected chi connectivity index (χ3v) is 11.7. The van der Waals surface area contributed by atoms with Gasteiger partial charge in [-0.15, -0.1) is 11.3 Å². The van der Waals surface area contributed by atoms with E-state index in [1.165, 1.54) is 11.3 Å². The molecule has 2 aromatic carbocycles. The lowest BCUT2D eigenvalue weighted by Gasteiger charge is -2.35. The van der Waals surface area contributed by atoms with Gasteiger partial charge in [-0.3, -0.25) is 9.59 Å². The van der Waals surface area contributed by atoms with Crippen molar-refractivity contribution >= 4 is 38.7 Å². The Labute approximate surface area is 255 Å². The van der Waals surface area contributed by atoms with Crippen molar-refractivity contribution in [3.8, 4) is 21.9 Å². The van der Waals surface area contributed by atoms with Crippen LogP contribution < -0.4 is 20.3 Å². The summed E-state index contributed by atoms with van der Waals surface area (Å²) in [6.07, 6.45) is 3.43. The van der Waals surface area contributed by atoms with E-state index in [0.717, 1.165) is 23.3 Å². The molecule has 2 amide bonds. The molecule has 2 fully saturated rings. The average Bonchev–Trinajstić information content (AvgIpc) is 3.52. The molecule has 0 saturated carbocycles. The number of sulfone groups is 1. The molecular weight excluding hydrogens is 592 g/mol. The minimum absolute atomic E-state index is 0.0272. The first-order valence-corrected chi connectivity index (χ1v) is 16.8. The highest BCUT2D eigenvalue weighted by atomic mass is 32.2. The van der Waals surface area contributed by atoms with Gasteiger partial charge in [0.2, 0.25) is 5.91 Å². The van der Waals surface area contributed by atoms with Gasteiger partial charge in [0.25, 0.3) is 5.91 Å². The molecule has 2 N–H and O–H groups in total. The summed E-state index contributed by atoms with van der Waals surface area (Å²) in [4.78, 5) is 32.5. The Morgan fingerprint density at radius 1 is 1.00 bits per heavy atom. The van der Waals surface area contributed by atoms with Gasteiger partial charge < -0.3 is 19.5 Å². The maximum atomic E-state index is 13.6. The largest absolute Gasteiger partial charge is 0.497 e. The molecule has 0 radical (unpaired) electrons. The van der Waals surface area contributed by atoms with Crippen LogP contribution in [0.1, 0.15) is 49.8 Å². The van der Waals surface area contributed by atoms with Crippen LogP contribution in [-0.2, 0) is 33.7 Å². The van der Waals surface area contributed by atoms with Crippen molar-refractivity contribution in [1.82, 2.24) is 5.48 Å². The Hall–Kier alpha value is -3.45. The molecule has 0 spiro atoms. The Morgan fingerprint density at radius 3 is 2.63 bits per heavy atom. The molecule has 0 aliphatic carbocycles. The van der Waals surface area contributed by atoms with Gasteiger partial charge in [0.05, 0.1) is 19.3 Å². The molecule has 3 aromatic rings. The van der Waals surface area contributed by atoms with Crippen LogP contribution >= 0.6 is 11.3 Å². The van der Waals surface area contributed by atoms with Gasteiger partial charge in [0.15, 0.2) is 22.7 Å². The molecule has 0 bridgehead atoms. The molecule has 2 aliphatic heterocycles. The number of hydroxylamine groups is 1. The first-order valence-electron chi connectivity index (χ1n) is 14.3. The minimum Gasteiger partial charge on any atom is -0.497 e. The van der Waals surface area contributed by atoms with Crippen LogP contribution in [0.2, 0.25) is 0 Å². The summed E-state index contributed by atoms with van der Waals surface area (Å²) >= 11 is 1.35. The van der Waals surface area contributed by atoms with E-state index in [2.05, 4.69) is 10.8 Å². The van der Waals surface area contributed by atoms with Crippen LogP contribution in [-0.4, -0.2) is 52.6 Å². The van der Waals surface area contributed by atoms with Crippen molar-refractivity contribution in [1.29, 1.82) is 0 Å². The van der Waals surface area contributed by atoms with E-state index in [1.807, 2.05) is 24.3 Å². The van der Waals surface area contributed by atoms with E-state index < -0.39 is 26.8 Å². The number of ether oxygens (including phenoxy) is 3. The number of rotatable bonds is 11. The van der Waals surface area contributed by atoms with E-state index >= 15 is 0 Å². The number of carbonyl (C=O) groups excluding carboxylic acids is 2. The molecule has 5 rings (SSSR count). The van der Waals surface area contributed by atoms with Gasteiger partial charge >= 0.3 is 0 Å². The zero-order valence-corrected chi connectivity index (χ0v) is 25.6. The third-order valence-electron chi connectivity index (χ3n) is 7.62. The Balaban J connectivity index is 1.28. The standard InChI is InChI=1S/C31H36N2O8S2/c1-38-24-10-7-11-25(19-24)40-21-29(35)32-23-9-6-8-22(18-23)26-13-14-27(42-26)31(15-3-5-17-43(31,36)37)20-28(34)33-41-30-12-2-4-16-39-30/h6-11,13-14,18-19,30H,2-5,12,15-17,20-21H2,1H3,(H,32,35)(H,33,34)/t30?,31-/m0/s1. The Bertz CT molecular complexity index is 1530. The topological polar surface area (TPSA) is 129 Å². The van der Waals surface area contributed by atoms with E-state index in [4.69, 9.17) is 19.0 Å². The van der Waals surface area contributed by atoms with Gasteiger partial charge in [-0.1, -0.05) is 24.6 Å². The first kappa shape index (κ1) is 31.0. The fourth-order valence-electron chi connectivity index (χ4n) is 5.37. The van der Waals surface area contributed by atoms with Crippen molar-refractivity contribution in [2.75, 3.05) is 31.4 Å². The molecule has 43 heavy (non-hydrogen) atoms. The van der Waals surface area contributed by atoms with Gasteiger partial charge in [-0.05, 0) is 67.6 Å². The van der Waals surface area contributed by atoms with Crippen molar-refractivity contribution in [2.45, 2.75) is 56.0 Å². The average molecular weight is 629 g/mol. The van der Waals surface area contributed by atoms with Gasteiger partial charge in [0, 0.05) is 34.5 Å². The molecule has 1 unspecified atom stereocenters. The SMILES string of the molecule is COc1cccc(OCC(=O)Nc2cccc(-c3ccc([C@@]4(CC(=O)NOC5CCCCO5)CCCCS4(=O)=O)s3)c2)c1. The van der Waals surface area contributed by atoms with Gasteiger partial charge in [-0.2, -0.15) is 0 Å². The molecule has 230 valence electrons. The summed E-state index contributed by atoms with van der Waals surface area (Å²) < 4.78 is 42.1. The minimum atomic E-state index is -3.62. The zero-order chi connectivity index (χ0) is 30.3. The fourth-order valence-corrected chi connectivity index (χ4v) is 9.15. The number of amides is 2. The molecular formula is C31H36N2O8S2. The summed E-state index contributed by atoms with van der Waals surface area (Å²) in [5.74, 6) is 0.358. The van der Waals surface area contributed by atoms with E-state index in [0.29, 0.717) is 54.4 Å². The molecule has 2 atom stereocenters. The maximum Gasteiger partial charge on any atom is 0.262 e. The highest BCUT2D eigenvalue weighted by Crippen LogP contribution is 2.47. The number of anilines is 1. The highest BCUT2D eigenvalue weighted by molar-refractivity contribution is 7.92. The number of nitrogens with one attached hydrogen (secondary N) is 2. The highest BCUT2D eigenvalue weighted by Gasteiger charge is 2.49. The number of benzene rings is 2. The van der Waals surface area contributed by atoms with Crippen LogP contribution in [0.25, 0.3) is 10.4 Å². The molecule has 10 nitrogen and oxygen atoms in total. The van der Waals surface area contributed by atoms with Crippen LogP contribution in [0.4, 0.5) is 5.69 Å². The summed E-state index contributed by atoms with van der Waals surface area (Å²) in [7, 11) is -2.06. The second-order valence-corrected chi connectivity index (χ2v) is 14.1. The second kappa shape index (κ2) is 13.9. The predicted octanol–water partition coefficient (Wildman–Crippen LogP) is 5.20. The van der Waals surface area contributed by atoms with Crippen LogP contribution in [0, 0.1) is 0 Å². The van der Waals surface area contributed by atoms with Gasteiger partial charge in [0.1, 0.15) is 16.2 Å². The van der Waals surface area contributed by atoms with Crippen LogP contribution in [0.15, 0.2) is 60.7 Å². The normalized spacial score (nSPS) is 21.5. The Kier molecular flexibility index (Phi) is 10.0. The molecule has 3 heterocycles. The monoisotopic (exact) mass is 628 g/mol. The number of hydrogen-bond acceptors (Lipinski definition) is 9. The van der Waals surface area contributed by atoms with Gasteiger partial charge in [-0.25, -0.2) is 18.7 Å². The molecule has 1 aromatic heterocycles. The summed E-state index contributed by atoms with van der Waals surface area (Å²) in [5, 5.41) is 2.85. The smallest absolute Gasteiger partial charge is 0.262 e. The number of hydrogen-bond donors (Lipinski definition) is 2. The molecule has 2 saturated heterocycles. The van der Waals surface area contributed by atoms with Crippen molar-refractivity contribution in [3.63, 3.8) is 0 Å². The summed E-state index contributed by atoms with van der Waals surface area (Å²) in [5.41, 5.74) is 3.83. The lowest BCUT2D eigenvalue weighted by Crippen LogP contribution is -2.45. The quantitative estimate of drug-likeness (QED) is 0.277. The molecule has 12 heteroatoms. The summed E-state index contributed by atoms with van der Waals surface area (Å²) in [6.45, 7) is 0.387. The zero-order valence-electron chi connectivity index (χ0n) is 24.0. The van der Waals surface area contributed by atoms with E-state index in [1.54, 1.807) is 43.5 Å². The third kappa shape index (κ3) is 7.56. The fraction of sp³-hybridized carbons (Fsp3) is 0.419. The lowest BCUT2D eigenvalue weighted by atomic mass is 9.94. The number of thiophene rings is 1. The van der Waals surface area contributed by atoms with E-state index in [-0.39, 0.29) is 24.7 Å². The van der Waals surface area contributed by atoms with Crippen molar-refractivity contribution < 1.29 is 37.1 Å². The van der Waals surface area contributed by atoms with Crippen molar-refractivity contribution in [2.24, 2.45) is 0 Å². The maximum absolute atomic E-state index is 13.6. The number of methoxy groups -OCH3 is 1. The van der Waals surface area contributed by atoms with Crippen LogP contribution in [0.5, 0.6) is 11.5 Å². The van der Waals surface area contributed by atoms with E-state index in [9.17, 15) is 18.0 Å². The Morgan fingerprint density at radius 2 is 1.84 bits per heavy atom. The van der Waals surface area contributed by atoms with Crippen LogP contribution in [0.3, 0.4) is 0 Å². The predicted molar refractivity (Wildman–Crippen MR) is 164 cm³/mol. The second-order valence-electron chi connectivity index (χ2n) is 10.6. The summed E-state index contributed by atoms with van der Waals surface area (Å²) in [6, 6.07) is 18.0. The van der Waals surface area contributed by atoms with Crippen molar-refractivity contribution in [3.05, 3.63) is 65.5 Å². The first-order chi connectivity index (χ1) is 20.8. The lowest BCUT2D eigenvalue weighted by molar-refractivity contribution is -0.200. The number of carbonyl (C=O) groups is 2. The molecule has 2 aliphatic rings.